The van der Waals surface area contributed by atoms with Crippen molar-refractivity contribution in [1.82, 2.24) is 19.2 Å². The lowest BCUT2D eigenvalue weighted by Gasteiger charge is -2.13. The molecule has 0 saturated carbocycles. The minimum atomic E-state index is -0.117. The Bertz CT molecular complexity index is 1190. The molecule has 0 aliphatic carbocycles. The van der Waals surface area contributed by atoms with Crippen LogP contribution in [0.4, 0.5) is 0 Å². The van der Waals surface area contributed by atoms with Crippen LogP contribution in [0.25, 0.3) is 16.7 Å². The lowest BCUT2D eigenvalue weighted by Crippen LogP contribution is -2.24. The highest BCUT2D eigenvalue weighted by Gasteiger charge is 2.17. The number of aliphatic hydroxyl groups excluding tert-OH is 1. The topological polar surface area (TPSA) is 81.7 Å². The Hall–Kier alpha value is -2.84. The zero-order valence-electron chi connectivity index (χ0n) is 15.4. The Balaban J connectivity index is 1.92. The molecular formula is C20H20N4O3S. The summed E-state index contributed by atoms with van der Waals surface area (Å²) in [5.41, 5.74) is 1.55. The van der Waals surface area contributed by atoms with Gasteiger partial charge in [-0.05, 0) is 24.6 Å². The van der Waals surface area contributed by atoms with E-state index in [9.17, 15) is 4.79 Å². The molecule has 2 aromatic carbocycles. The summed E-state index contributed by atoms with van der Waals surface area (Å²) in [6.07, 6.45) is 0.665. The third-order valence-electron chi connectivity index (χ3n) is 4.53. The number of fused-ring (bicyclic) bond motifs is 3. The molecule has 0 aliphatic rings. The van der Waals surface area contributed by atoms with Crippen LogP contribution in [0.3, 0.4) is 0 Å². The van der Waals surface area contributed by atoms with E-state index >= 15 is 0 Å². The highest BCUT2D eigenvalue weighted by atomic mass is 32.2. The first-order chi connectivity index (χ1) is 13.7. The van der Waals surface area contributed by atoms with Gasteiger partial charge in [-0.3, -0.25) is 13.8 Å². The second kappa shape index (κ2) is 8.04. The van der Waals surface area contributed by atoms with Gasteiger partial charge in [-0.2, -0.15) is 0 Å². The lowest BCUT2D eigenvalue weighted by molar-refractivity contribution is 0.296. The second-order valence-corrected chi connectivity index (χ2v) is 7.33. The van der Waals surface area contributed by atoms with E-state index in [1.54, 1.807) is 11.7 Å². The molecule has 2 aromatic heterocycles. The SMILES string of the molecule is COc1ccccc1Cn1c(=O)c2ccccc2n2c(SCCCO)nnc12. The Morgan fingerprint density at radius 2 is 1.89 bits per heavy atom. The maximum Gasteiger partial charge on any atom is 0.263 e. The molecule has 4 aromatic rings. The maximum atomic E-state index is 13.2. The largest absolute Gasteiger partial charge is 0.496 e. The molecule has 0 unspecified atom stereocenters. The van der Waals surface area contributed by atoms with E-state index in [1.807, 2.05) is 52.9 Å². The molecule has 0 spiro atoms. The number of ether oxygens (including phenoxy) is 1. The Labute approximate surface area is 165 Å². The van der Waals surface area contributed by atoms with Crippen molar-refractivity contribution in [1.29, 1.82) is 0 Å². The van der Waals surface area contributed by atoms with Crippen LogP contribution in [0.1, 0.15) is 12.0 Å². The fourth-order valence-corrected chi connectivity index (χ4v) is 4.07. The number of benzene rings is 2. The van der Waals surface area contributed by atoms with Crippen molar-refractivity contribution in [2.75, 3.05) is 19.5 Å². The molecular weight excluding hydrogens is 376 g/mol. The van der Waals surface area contributed by atoms with Crippen LogP contribution < -0.4 is 10.3 Å². The fourth-order valence-electron chi connectivity index (χ4n) is 3.20. The van der Waals surface area contributed by atoms with Gasteiger partial charge in [-0.25, -0.2) is 0 Å². The highest BCUT2D eigenvalue weighted by molar-refractivity contribution is 7.99. The molecule has 8 heteroatoms. The summed E-state index contributed by atoms with van der Waals surface area (Å²) in [7, 11) is 1.62. The molecule has 0 saturated heterocycles. The molecule has 2 heterocycles. The fraction of sp³-hybridized carbons (Fsp3) is 0.250. The van der Waals surface area contributed by atoms with Gasteiger partial charge >= 0.3 is 0 Å². The third-order valence-corrected chi connectivity index (χ3v) is 5.55. The minimum Gasteiger partial charge on any atom is -0.496 e. The van der Waals surface area contributed by atoms with E-state index in [-0.39, 0.29) is 12.2 Å². The standard InChI is InChI=1S/C20H20N4O3S/c1-27-17-10-5-2-7-14(17)13-23-18(26)15-8-3-4-9-16(15)24-19(23)21-22-20(24)28-12-6-11-25/h2-5,7-10,25H,6,11-13H2,1H3. The minimum absolute atomic E-state index is 0.117. The number of nitrogens with zero attached hydrogens (tertiary/aromatic N) is 4. The number of methoxy groups -OCH3 is 1. The predicted molar refractivity (Wildman–Crippen MR) is 109 cm³/mol. The number of hydrogen-bond donors (Lipinski definition) is 1. The van der Waals surface area contributed by atoms with Gasteiger partial charge in [0, 0.05) is 17.9 Å². The summed E-state index contributed by atoms with van der Waals surface area (Å²) in [6, 6.07) is 15.1. The smallest absolute Gasteiger partial charge is 0.263 e. The second-order valence-electron chi connectivity index (χ2n) is 6.26. The van der Waals surface area contributed by atoms with Gasteiger partial charge in [0.25, 0.3) is 5.56 Å². The zero-order valence-corrected chi connectivity index (χ0v) is 16.2. The molecule has 28 heavy (non-hydrogen) atoms. The van der Waals surface area contributed by atoms with Crippen molar-refractivity contribution >= 4 is 28.4 Å². The molecule has 0 bridgehead atoms. The van der Waals surface area contributed by atoms with Gasteiger partial charge in [0.1, 0.15) is 5.75 Å². The Morgan fingerprint density at radius 3 is 2.71 bits per heavy atom. The van der Waals surface area contributed by atoms with E-state index in [1.165, 1.54) is 11.8 Å². The summed E-state index contributed by atoms with van der Waals surface area (Å²) in [4.78, 5) is 13.2. The number of aromatic nitrogens is 4. The first-order valence-electron chi connectivity index (χ1n) is 8.97. The van der Waals surface area contributed by atoms with Crippen LogP contribution in [-0.2, 0) is 6.54 Å². The number of thioether (sulfide) groups is 1. The lowest BCUT2D eigenvalue weighted by atomic mass is 10.2. The molecule has 0 amide bonds. The summed E-state index contributed by atoms with van der Waals surface area (Å²) in [6.45, 7) is 0.458. The number of hydrogen-bond acceptors (Lipinski definition) is 6. The first kappa shape index (κ1) is 18.5. The monoisotopic (exact) mass is 396 g/mol. The molecule has 0 radical (unpaired) electrons. The predicted octanol–water partition coefficient (Wildman–Crippen LogP) is 2.58. The van der Waals surface area contributed by atoms with Crippen LogP contribution in [0.15, 0.2) is 58.5 Å². The van der Waals surface area contributed by atoms with Gasteiger partial charge in [-0.1, -0.05) is 42.1 Å². The zero-order chi connectivity index (χ0) is 19.5. The van der Waals surface area contributed by atoms with E-state index in [2.05, 4.69) is 10.2 Å². The quantitative estimate of drug-likeness (QED) is 0.382. The molecule has 144 valence electrons. The van der Waals surface area contributed by atoms with Crippen molar-refractivity contribution in [3.05, 3.63) is 64.4 Å². The van der Waals surface area contributed by atoms with Gasteiger partial charge in [0.05, 0.1) is 24.6 Å². The van der Waals surface area contributed by atoms with E-state index in [4.69, 9.17) is 9.84 Å². The van der Waals surface area contributed by atoms with Gasteiger partial charge < -0.3 is 9.84 Å². The third kappa shape index (κ3) is 3.25. The first-order valence-corrected chi connectivity index (χ1v) is 9.95. The molecule has 0 fully saturated rings. The average Bonchev–Trinajstić information content (AvgIpc) is 3.15. The van der Waals surface area contributed by atoms with E-state index < -0.39 is 0 Å². The summed E-state index contributed by atoms with van der Waals surface area (Å²) in [5, 5.41) is 19.0. The van der Waals surface area contributed by atoms with Crippen molar-refractivity contribution in [3.8, 4) is 5.75 Å². The van der Waals surface area contributed by atoms with Gasteiger partial charge in [0.15, 0.2) is 5.16 Å². The number of rotatable bonds is 7. The van der Waals surface area contributed by atoms with Crippen molar-refractivity contribution in [2.24, 2.45) is 0 Å². The normalized spacial score (nSPS) is 11.4. The van der Waals surface area contributed by atoms with Crippen LogP contribution in [0.2, 0.25) is 0 Å². The summed E-state index contributed by atoms with van der Waals surface area (Å²) < 4.78 is 8.98. The summed E-state index contributed by atoms with van der Waals surface area (Å²) in [5.74, 6) is 1.93. The van der Waals surface area contributed by atoms with Crippen LogP contribution >= 0.6 is 11.8 Å². The van der Waals surface area contributed by atoms with E-state index in [0.29, 0.717) is 29.3 Å². The van der Waals surface area contributed by atoms with Crippen LogP contribution in [0, 0.1) is 0 Å². The van der Waals surface area contributed by atoms with Gasteiger partial charge in [-0.15, -0.1) is 10.2 Å². The molecule has 0 atom stereocenters. The number of aliphatic hydroxyl groups is 1. The van der Waals surface area contributed by atoms with Gasteiger partial charge in [0.2, 0.25) is 5.78 Å². The maximum absolute atomic E-state index is 13.2. The van der Waals surface area contributed by atoms with Crippen molar-refractivity contribution in [3.63, 3.8) is 0 Å². The molecule has 0 aliphatic heterocycles. The van der Waals surface area contributed by atoms with Crippen molar-refractivity contribution in [2.45, 2.75) is 18.1 Å². The van der Waals surface area contributed by atoms with Crippen LogP contribution in [0.5, 0.6) is 5.75 Å². The highest BCUT2D eigenvalue weighted by Crippen LogP contribution is 2.24. The number of para-hydroxylation sites is 2. The summed E-state index contributed by atoms with van der Waals surface area (Å²) >= 11 is 1.51. The van der Waals surface area contributed by atoms with Crippen molar-refractivity contribution < 1.29 is 9.84 Å². The molecule has 7 nitrogen and oxygen atoms in total. The average molecular weight is 396 g/mol. The van der Waals surface area contributed by atoms with E-state index in [0.717, 1.165) is 22.6 Å². The Kier molecular flexibility index (Phi) is 5.31. The molecule has 4 rings (SSSR count). The Morgan fingerprint density at radius 1 is 1.11 bits per heavy atom. The van der Waals surface area contributed by atoms with Crippen LogP contribution in [-0.4, -0.2) is 43.7 Å². The molecule has 1 N–H and O–H groups in total.